The zero-order valence-electron chi connectivity index (χ0n) is 11.3. The highest BCUT2D eigenvalue weighted by atomic mass is 35.5. The van der Waals surface area contributed by atoms with Crippen molar-refractivity contribution in [3.05, 3.63) is 0 Å². The van der Waals surface area contributed by atoms with E-state index in [1.807, 2.05) is 0 Å². The summed E-state index contributed by atoms with van der Waals surface area (Å²) in [6.45, 7) is 1.20. The number of rotatable bonds is 6. The number of hydrogen-bond donors (Lipinski definition) is 2. The molecule has 18 heavy (non-hydrogen) atoms. The van der Waals surface area contributed by atoms with E-state index in [2.05, 4.69) is 5.32 Å². The van der Waals surface area contributed by atoms with Crippen LogP contribution in [0.5, 0.6) is 0 Å². The van der Waals surface area contributed by atoms with Crippen LogP contribution < -0.4 is 5.32 Å². The molecule has 1 unspecified atom stereocenters. The van der Waals surface area contributed by atoms with Crippen LogP contribution in [0.25, 0.3) is 0 Å². The van der Waals surface area contributed by atoms with Gasteiger partial charge < -0.3 is 15.2 Å². The molecular formula is C14H28ClNO2. The van der Waals surface area contributed by atoms with E-state index in [1.165, 1.54) is 57.8 Å². The van der Waals surface area contributed by atoms with E-state index in [0.717, 1.165) is 0 Å². The molecule has 0 aliphatic heterocycles. The van der Waals surface area contributed by atoms with Crippen LogP contribution in [-0.2, 0) is 4.74 Å². The molecule has 0 bridgehead atoms. The van der Waals surface area contributed by atoms with E-state index in [-0.39, 0.29) is 18.5 Å². The maximum atomic E-state index is 9.85. The standard InChI is InChI=1S/C14H27NO2.ClH/c16-13(10-15-12-6-4-5-7-12)11-17-14-8-2-1-3-9-14;/h12-16H,1-11H2;1H. The van der Waals surface area contributed by atoms with Crippen molar-refractivity contribution in [2.75, 3.05) is 13.2 Å². The molecule has 0 aromatic rings. The van der Waals surface area contributed by atoms with Crippen LogP contribution in [0, 0.1) is 0 Å². The van der Waals surface area contributed by atoms with Crippen molar-refractivity contribution in [3.63, 3.8) is 0 Å². The normalized spacial score (nSPS) is 23.8. The molecule has 2 fully saturated rings. The molecule has 2 aliphatic rings. The monoisotopic (exact) mass is 277 g/mol. The van der Waals surface area contributed by atoms with E-state index in [4.69, 9.17) is 4.74 Å². The van der Waals surface area contributed by atoms with Crippen LogP contribution in [0.1, 0.15) is 57.8 Å². The molecule has 0 aromatic heterocycles. The quantitative estimate of drug-likeness (QED) is 0.784. The number of aliphatic hydroxyl groups excluding tert-OH is 1. The summed E-state index contributed by atoms with van der Waals surface area (Å²) in [4.78, 5) is 0. The van der Waals surface area contributed by atoms with Gasteiger partial charge in [0, 0.05) is 12.6 Å². The zero-order chi connectivity index (χ0) is 11.9. The predicted molar refractivity (Wildman–Crippen MR) is 76.3 cm³/mol. The number of nitrogens with one attached hydrogen (secondary N) is 1. The Morgan fingerprint density at radius 1 is 1.00 bits per heavy atom. The highest BCUT2D eigenvalue weighted by Gasteiger charge is 2.18. The first-order valence-corrected chi connectivity index (χ1v) is 7.37. The van der Waals surface area contributed by atoms with Crippen molar-refractivity contribution >= 4 is 12.4 Å². The van der Waals surface area contributed by atoms with Gasteiger partial charge in [-0.15, -0.1) is 12.4 Å². The van der Waals surface area contributed by atoms with Crippen molar-refractivity contribution in [2.24, 2.45) is 0 Å². The first-order valence-electron chi connectivity index (χ1n) is 7.37. The van der Waals surface area contributed by atoms with Crippen molar-refractivity contribution in [1.29, 1.82) is 0 Å². The third-order valence-corrected chi connectivity index (χ3v) is 4.07. The average molecular weight is 278 g/mol. The van der Waals surface area contributed by atoms with Crippen LogP contribution in [0.15, 0.2) is 0 Å². The molecule has 2 N–H and O–H groups in total. The first-order chi connectivity index (χ1) is 8.34. The Bertz CT molecular complexity index is 204. The Labute approximate surface area is 117 Å². The van der Waals surface area contributed by atoms with E-state index in [1.54, 1.807) is 0 Å². The van der Waals surface area contributed by atoms with Crippen molar-refractivity contribution in [1.82, 2.24) is 5.32 Å². The van der Waals surface area contributed by atoms with Gasteiger partial charge in [-0.3, -0.25) is 0 Å². The minimum absolute atomic E-state index is 0. The summed E-state index contributed by atoms with van der Waals surface area (Å²) in [6.07, 6.45) is 11.6. The van der Waals surface area contributed by atoms with Crippen LogP contribution in [0.2, 0.25) is 0 Å². The van der Waals surface area contributed by atoms with Gasteiger partial charge in [0.15, 0.2) is 0 Å². The van der Waals surface area contributed by atoms with E-state index >= 15 is 0 Å². The summed E-state index contributed by atoms with van der Waals surface area (Å²) in [7, 11) is 0. The fourth-order valence-electron chi connectivity index (χ4n) is 2.97. The molecule has 3 nitrogen and oxygen atoms in total. The lowest BCUT2D eigenvalue weighted by atomic mass is 9.98. The highest BCUT2D eigenvalue weighted by molar-refractivity contribution is 5.85. The van der Waals surface area contributed by atoms with Gasteiger partial charge in [-0.2, -0.15) is 0 Å². The maximum Gasteiger partial charge on any atom is 0.0897 e. The van der Waals surface area contributed by atoms with Crippen LogP contribution in [0.4, 0.5) is 0 Å². The summed E-state index contributed by atoms with van der Waals surface area (Å²) < 4.78 is 5.77. The molecule has 2 aliphatic carbocycles. The third kappa shape index (κ3) is 5.87. The fraction of sp³-hybridized carbons (Fsp3) is 1.00. The lowest BCUT2D eigenvalue weighted by molar-refractivity contribution is -0.0235. The molecule has 2 saturated carbocycles. The van der Waals surface area contributed by atoms with Gasteiger partial charge >= 0.3 is 0 Å². The topological polar surface area (TPSA) is 41.5 Å². The second-order valence-corrected chi connectivity index (χ2v) is 5.64. The smallest absolute Gasteiger partial charge is 0.0897 e. The number of ether oxygens (including phenoxy) is 1. The minimum Gasteiger partial charge on any atom is -0.389 e. The fourth-order valence-corrected chi connectivity index (χ4v) is 2.97. The van der Waals surface area contributed by atoms with Gasteiger partial charge in [0.05, 0.1) is 18.8 Å². The summed E-state index contributed by atoms with van der Waals surface area (Å²) >= 11 is 0. The molecule has 0 amide bonds. The summed E-state index contributed by atoms with van der Waals surface area (Å²) in [6, 6.07) is 0.638. The van der Waals surface area contributed by atoms with Crippen molar-refractivity contribution in [3.8, 4) is 0 Å². The highest BCUT2D eigenvalue weighted by Crippen LogP contribution is 2.20. The second-order valence-electron chi connectivity index (χ2n) is 5.64. The Balaban J connectivity index is 0.00000162. The van der Waals surface area contributed by atoms with E-state index in [0.29, 0.717) is 25.3 Å². The van der Waals surface area contributed by atoms with Gasteiger partial charge in [-0.25, -0.2) is 0 Å². The van der Waals surface area contributed by atoms with E-state index in [9.17, 15) is 5.11 Å². The Kier molecular flexibility index (Phi) is 8.23. The van der Waals surface area contributed by atoms with Gasteiger partial charge in [0.25, 0.3) is 0 Å². The predicted octanol–water partition coefficient (Wildman–Crippen LogP) is 2.65. The molecule has 0 aromatic carbocycles. The summed E-state index contributed by atoms with van der Waals surface area (Å²) in [5.74, 6) is 0. The van der Waals surface area contributed by atoms with E-state index < -0.39 is 0 Å². The van der Waals surface area contributed by atoms with Crippen LogP contribution in [0.3, 0.4) is 0 Å². The molecule has 2 rings (SSSR count). The molecule has 0 saturated heterocycles. The summed E-state index contributed by atoms with van der Waals surface area (Å²) in [5, 5.41) is 13.3. The van der Waals surface area contributed by atoms with Crippen LogP contribution >= 0.6 is 12.4 Å². The SMILES string of the molecule is Cl.OC(CNC1CCCC1)COC1CCCCC1. The number of halogens is 1. The Morgan fingerprint density at radius 2 is 1.61 bits per heavy atom. The third-order valence-electron chi connectivity index (χ3n) is 4.07. The zero-order valence-corrected chi connectivity index (χ0v) is 12.1. The van der Waals surface area contributed by atoms with Gasteiger partial charge in [-0.1, -0.05) is 32.1 Å². The molecule has 0 spiro atoms. The van der Waals surface area contributed by atoms with Crippen molar-refractivity contribution in [2.45, 2.75) is 76.0 Å². The molecule has 0 radical (unpaired) electrons. The first kappa shape index (κ1) is 16.2. The number of aliphatic hydroxyl groups is 1. The maximum absolute atomic E-state index is 9.85. The lowest BCUT2D eigenvalue weighted by Gasteiger charge is -2.24. The van der Waals surface area contributed by atoms with Crippen molar-refractivity contribution < 1.29 is 9.84 Å². The molecule has 1 atom stereocenters. The van der Waals surface area contributed by atoms with Crippen LogP contribution in [-0.4, -0.2) is 36.5 Å². The largest absolute Gasteiger partial charge is 0.389 e. The number of hydrogen-bond acceptors (Lipinski definition) is 3. The molecular weight excluding hydrogens is 250 g/mol. The minimum atomic E-state index is -0.336. The Hall–Kier alpha value is 0.170. The summed E-state index contributed by atoms with van der Waals surface area (Å²) in [5.41, 5.74) is 0. The van der Waals surface area contributed by atoms with Gasteiger partial charge in [0.1, 0.15) is 0 Å². The molecule has 4 heteroatoms. The lowest BCUT2D eigenvalue weighted by Crippen LogP contribution is -2.37. The Morgan fingerprint density at radius 3 is 2.28 bits per heavy atom. The average Bonchev–Trinajstić information content (AvgIpc) is 2.88. The molecule has 0 heterocycles. The van der Waals surface area contributed by atoms with Gasteiger partial charge in [0.2, 0.25) is 0 Å². The molecule has 108 valence electrons. The second kappa shape index (κ2) is 9.13. The van der Waals surface area contributed by atoms with Gasteiger partial charge in [-0.05, 0) is 25.7 Å².